The van der Waals surface area contributed by atoms with Crippen LogP contribution in [0.1, 0.15) is 35.3 Å². The summed E-state index contributed by atoms with van der Waals surface area (Å²) in [7, 11) is 1.64. The van der Waals surface area contributed by atoms with Crippen LogP contribution < -0.4 is 5.32 Å². The van der Waals surface area contributed by atoms with Gasteiger partial charge >= 0.3 is 12.0 Å². The third-order valence-corrected chi connectivity index (χ3v) is 6.97. The van der Waals surface area contributed by atoms with Crippen molar-refractivity contribution >= 4 is 29.2 Å². The van der Waals surface area contributed by atoms with E-state index in [1.807, 2.05) is 16.8 Å². The Morgan fingerprint density at radius 3 is 2.74 bits per heavy atom. The van der Waals surface area contributed by atoms with Crippen LogP contribution in [0.5, 0.6) is 0 Å². The van der Waals surface area contributed by atoms with Crippen molar-refractivity contribution in [2.75, 3.05) is 46.4 Å². The molecule has 1 unspecified atom stereocenters. The summed E-state index contributed by atoms with van der Waals surface area (Å²) >= 11 is 1.49. The molecule has 2 aliphatic heterocycles. The van der Waals surface area contributed by atoms with Gasteiger partial charge < -0.3 is 15.0 Å². The Morgan fingerprint density at radius 2 is 2.03 bits per heavy atom. The molecular formula is C25H29FN4O4S. The standard InChI is InChI=1S/C25H29FN4O4S/c1-3-34-24(32)21-20(28(2)25(33)27-22(21)18-8-13-35-16-18)15-29-9-5-10-30(12-11-29)23(31)17-6-4-7-19(26)14-17/h4,6-8,13-14,16,22H,3,5,9-12,15H2,1-2H3,(H,27,33). The Balaban J connectivity index is 1.56. The molecule has 3 amide bonds. The molecule has 35 heavy (non-hydrogen) atoms. The van der Waals surface area contributed by atoms with Crippen molar-refractivity contribution in [1.82, 2.24) is 20.0 Å². The van der Waals surface area contributed by atoms with Crippen LogP contribution in [0.25, 0.3) is 0 Å². The first-order valence-electron chi connectivity index (χ1n) is 11.6. The quantitative estimate of drug-likeness (QED) is 0.616. The number of hydrogen-bond acceptors (Lipinski definition) is 6. The number of nitrogens with one attached hydrogen (secondary N) is 1. The second kappa shape index (κ2) is 11.0. The third-order valence-electron chi connectivity index (χ3n) is 6.27. The van der Waals surface area contributed by atoms with E-state index in [-0.39, 0.29) is 18.5 Å². The Kier molecular flexibility index (Phi) is 7.82. The normalized spacial score (nSPS) is 19.4. The fourth-order valence-electron chi connectivity index (χ4n) is 4.44. The molecule has 0 spiro atoms. The van der Waals surface area contributed by atoms with Gasteiger partial charge in [-0.2, -0.15) is 11.3 Å². The lowest BCUT2D eigenvalue weighted by atomic mass is 9.96. The molecule has 10 heteroatoms. The van der Waals surface area contributed by atoms with Gasteiger partial charge in [-0.15, -0.1) is 0 Å². The zero-order valence-corrected chi connectivity index (χ0v) is 20.6. The number of thiophene rings is 1. The number of hydrogen-bond donors (Lipinski definition) is 1. The van der Waals surface area contributed by atoms with Gasteiger partial charge in [0.2, 0.25) is 0 Å². The molecule has 1 aromatic carbocycles. The predicted octanol–water partition coefficient (Wildman–Crippen LogP) is 3.25. The zero-order valence-electron chi connectivity index (χ0n) is 19.8. The van der Waals surface area contributed by atoms with Crippen LogP contribution in [0, 0.1) is 5.82 Å². The van der Waals surface area contributed by atoms with Crippen LogP contribution in [-0.4, -0.2) is 79.0 Å². The van der Waals surface area contributed by atoms with E-state index in [2.05, 4.69) is 10.2 Å². The highest BCUT2D eigenvalue weighted by molar-refractivity contribution is 7.08. The van der Waals surface area contributed by atoms with Crippen LogP contribution in [0.4, 0.5) is 9.18 Å². The minimum absolute atomic E-state index is 0.204. The molecule has 1 atom stereocenters. The van der Waals surface area contributed by atoms with Crippen molar-refractivity contribution in [2.45, 2.75) is 19.4 Å². The van der Waals surface area contributed by atoms with Gasteiger partial charge in [0.05, 0.1) is 18.2 Å². The van der Waals surface area contributed by atoms with E-state index < -0.39 is 17.8 Å². The summed E-state index contributed by atoms with van der Waals surface area (Å²) < 4.78 is 19.0. The Morgan fingerprint density at radius 1 is 1.20 bits per heavy atom. The van der Waals surface area contributed by atoms with Crippen LogP contribution in [-0.2, 0) is 9.53 Å². The maximum absolute atomic E-state index is 13.6. The summed E-state index contributed by atoms with van der Waals surface area (Å²) in [5, 5.41) is 6.73. The van der Waals surface area contributed by atoms with Crippen molar-refractivity contribution in [2.24, 2.45) is 0 Å². The van der Waals surface area contributed by atoms with E-state index in [0.717, 1.165) is 5.56 Å². The van der Waals surface area contributed by atoms with E-state index in [9.17, 15) is 18.8 Å². The van der Waals surface area contributed by atoms with Crippen LogP contribution in [0.15, 0.2) is 52.4 Å². The number of amides is 3. The summed E-state index contributed by atoms with van der Waals surface area (Å²) in [5.41, 5.74) is 2.17. The lowest BCUT2D eigenvalue weighted by Gasteiger charge is -2.36. The first-order chi connectivity index (χ1) is 16.9. The van der Waals surface area contributed by atoms with Crippen molar-refractivity contribution in [3.05, 3.63) is 69.3 Å². The molecule has 8 nitrogen and oxygen atoms in total. The molecule has 1 N–H and O–H groups in total. The molecule has 0 radical (unpaired) electrons. The lowest BCUT2D eigenvalue weighted by Crippen LogP contribution is -2.49. The van der Waals surface area contributed by atoms with E-state index in [1.54, 1.807) is 24.9 Å². The summed E-state index contributed by atoms with van der Waals surface area (Å²) in [6.07, 6.45) is 0.715. The van der Waals surface area contributed by atoms with Gasteiger partial charge in [-0.25, -0.2) is 14.0 Å². The van der Waals surface area contributed by atoms with Gasteiger partial charge in [-0.05, 0) is 53.9 Å². The topological polar surface area (TPSA) is 82.2 Å². The van der Waals surface area contributed by atoms with E-state index in [0.29, 0.717) is 56.0 Å². The van der Waals surface area contributed by atoms with Gasteiger partial charge in [0.15, 0.2) is 0 Å². The Labute approximate surface area is 207 Å². The number of urea groups is 1. The van der Waals surface area contributed by atoms with Crippen molar-refractivity contribution in [1.29, 1.82) is 0 Å². The van der Waals surface area contributed by atoms with Crippen molar-refractivity contribution in [3.63, 3.8) is 0 Å². The smallest absolute Gasteiger partial charge is 0.338 e. The van der Waals surface area contributed by atoms with E-state index >= 15 is 0 Å². The average Bonchev–Trinajstić information content (AvgIpc) is 3.28. The SMILES string of the molecule is CCOC(=O)C1=C(CN2CCCN(C(=O)c3cccc(F)c3)CC2)N(C)C(=O)NC1c1ccsc1. The van der Waals surface area contributed by atoms with Crippen molar-refractivity contribution < 1.29 is 23.5 Å². The third kappa shape index (κ3) is 5.54. The first kappa shape index (κ1) is 24.9. The molecule has 0 aliphatic carbocycles. The predicted molar refractivity (Wildman–Crippen MR) is 130 cm³/mol. The largest absolute Gasteiger partial charge is 0.463 e. The number of esters is 1. The molecule has 186 valence electrons. The highest BCUT2D eigenvalue weighted by atomic mass is 32.1. The molecule has 4 rings (SSSR count). The van der Waals surface area contributed by atoms with Gasteiger partial charge in [0, 0.05) is 51.0 Å². The average molecular weight is 501 g/mol. The molecule has 3 heterocycles. The number of ether oxygens (including phenoxy) is 1. The zero-order chi connectivity index (χ0) is 24.9. The second-order valence-corrected chi connectivity index (χ2v) is 9.29. The highest BCUT2D eigenvalue weighted by Crippen LogP contribution is 2.32. The van der Waals surface area contributed by atoms with Gasteiger partial charge in [0.25, 0.3) is 5.91 Å². The second-order valence-electron chi connectivity index (χ2n) is 8.51. The first-order valence-corrected chi connectivity index (χ1v) is 12.6. The lowest BCUT2D eigenvalue weighted by molar-refractivity contribution is -0.139. The minimum Gasteiger partial charge on any atom is -0.463 e. The fraction of sp³-hybridized carbons (Fsp3) is 0.400. The minimum atomic E-state index is -0.586. The molecule has 0 bridgehead atoms. The van der Waals surface area contributed by atoms with E-state index in [1.165, 1.54) is 34.4 Å². The maximum Gasteiger partial charge on any atom is 0.338 e. The summed E-state index contributed by atoms with van der Waals surface area (Å²) in [4.78, 5) is 44.1. The van der Waals surface area contributed by atoms with Crippen LogP contribution in [0.3, 0.4) is 0 Å². The van der Waals surface area contributed by atoms with Gasteiger partial charge in [-0.1, -0.05) is 6.07 Å². The van der Waals surface area contributed by atoms with E-state index in [4.69, 9.17) is 4.74 Å². The highest BCUT2D eigenvalue weighted by Gasteiger charge is 2.37. The molecule has 1 saturated heterocycles. The monoisotopic (exact) mass is 500 g/mol. The molecule has 2 aromatic rings. The summed E-state index contributed by atoms with van der Waals surface area (Å²) in [6, 6.07) is 6.73. The molecular weight excluding hydrogens is 471 g/mol. The maximum atomic E-state index is 13.6. The molecule has 2 aliphatic rings. The fourth-order valence-corrected chi connectivity index (χ4v) is 5.12. The number of likely N-dealkylation sites (N-methyl/N-ethyl adjacent to an activating group) is 1. The number of nitrogens with zero attached hydrogens (tertiary/aromatic N) is 3. The Bertz CT molecular complexity index is 1120. The van der Waals surface area contributed by atoms with Crippen molar-refractivity contribution in [3.8, 4) is 0 Å². The molecule has 0 saturated carbocycles. The summed E-state index contributed by atoms with van der Waals surface area (Å²) in [6.45, 7) is 4.59. The van der Waals surface area contributed by atoms with Gasteiger partial charge in [-0.3, -0.25) is 14.6 Å². The van der Waals surface area contributed by atoms with Crippen LogP contribution in [0.2, 0.25) is 0 Å². The number of carbonyl (C=O) groups excluding carboxylic acids is 3. The Hall–Kier alpha value is -3.24. The number of benzene rings is 1. The van der Waals surface area contributed by atoms with Crippen LogP contribution >= 0.6 is 11.3 Å². The number of carbonyl (C=O) groups is 3. The molecule has 1 aromatic heterocycles. The van der Waals surface area contributed by atoms with Gasteiger partial charge in [0.1, 0.15) is 5.82 Å². The number of rotatable bonds is 6. The molecule has 1 fully saturated rings. The summed E-state index contributed by atoms with van der Waals surface area (Å²) in [5.74, 6) is -1.10. The number of halogens is 1.